The molecule has 1 heterocycles. The molecule has 7 heteroatoms. The lowest BCUT2D eigenvalue weighted by atomic mass is 9.69. The normalized spacial score (nSPS) is 23.0. The maximum absolute atomic E-state index is 13.6. The van der Waals surface area contributed by atoms with Gasteiger partial charge < -0.3 is 19.7 Å². The van der Waals surface area contributed by atoms with E-state index >= 15 is 0 Å². The third-order valence-electron chi connectivity index (χ3n) is 6.05. The molecule has 0 fully saturated rings. The highest BCUT2D eigenvalue weighted by Crippen LogP contribution is 2.45. The number of esters is 2. The summed E-state index contributed by atoms with van der Waals surface area (Å²) in [5, 5.41) is 3.27. The molecule has 32 heavy (non-hydrogen) atoms. The Hall–Kier alpha value is -3.09. The molecule has 1 aromatic carbocycles. The second-order valence-corrected chi connectivity index (χ2v) is 8.98. The smallest absolute Gasteiger partial charge is 0.337 e. The van der Waals surface area contributed by atoms with Crippen LogP contribution in [0.4, 0.5) is 5.69 Å². The van der Waals surface area contributed by atoms with Crippen LogP contribution in [0.25, 0.3) is 0 Å². The summed E-state index contributed by atoms with van der Waals surface area (Å²) in [6.07, 6.45) is 0.205. The molecule has 1 aromatic rings. The second kappa shape index (κ2) is 9.18. The molecule has 0 saturated carbocycles. The van der Waals surface area contributed by atoms with Crippen molar-refractivity contribution in [3.05, 3.63) is 52.4 Å². The van der Waals surface area contributed by atoms with E-state index in [1.54, 1.807) is 13.8 Å². The van der Waals surface area contributed by atoms with Gasteiger partial charge in [0.1, 0.15) is 5.92 Å². The van der Waals surface area contributed by atoms with Crippen LogP contribution in [0.5, 0.6) is 0 Å². The Morgan fingerprint density at radius 1 is 1.16 bits per heavy atom. The lowest BCUT2D eigenvalue weighted by molar-refractivity contribution is -0.151. The molecular formula is C25H32N2O5. The monoisotopic (exact) mass is 440 g/mol. The van der Waals surface area contributed by atoms with Gasteiger partial charge in [0.05, 0.1) is 18.8 Å². The molecule has 0 radical (unpaired) electrons. The third-order valence-corrected chi connectivity index (χ3v) is 6.05. The summed E-state index contributed by atoms with van der Waals surface area (Å²) in [6.45, 7) is 7.27. The minimum atomic E-state index is -0.898. The molecule has 3 rings (SSSR count). The standard InChI is InChI=1S/C25H32N2O5/c1-13(2)32-25(30)20-15(4)26-18-12-14(3)19(24(29)31-7)23(28)22(18)21(20)16-8-10-17(11-9-16)27(5)6/h8-11,13-14,19,21,26H,12H2,1-7H3/t14-,19-,21+/m0/s1. The number of benzene rings is 1. The number of hydrogen-bond acceptors (Lipinski definition) is 7. The number of nitrogens with zero attached hydrogens (tertiary/aromatic N) is 1. The number of ether oxygens (including phenoxy) is 2. The Kier molecular flexibility index (Phi) is 6.77. The van der Waals surface area contributed by atoms with Gasteiger partial charge in [0.2, 0.25) is 0 Å². The average Bonchev–Trinajstić information content (AvgIpc) is 2.71. The summed E-state index contributed by atoms with van der Waals surface area (Å²) in [4.78, 5) is 41.2. The molecule has 0 spiro atoms. The number of rotatable bonds is 5. The first kappa shape index (κ1) is 23.6. The number of methoxy groups -OCH3 is 1. The summed E-state index contributed by atoms with van der Waals surface area (Å²) in [7, 11) is 5.18. The van der Waals surface area contributed by atoms with E-state index < -0.39 is 23.8 Å². The van der Waals surface area contributed by atoms with Crippen LogP contribution < -0.4 is 10.2 Å². The van der Waals surface area contributed by atoms with Gasteiger partial charge in [-0.15, -0.1) is 0 Å². The van der Waals surface area contributed by atoms with Crippen molar-refractivity contribution < 1.29 is 23.9 Å². The molecular weight excluding hydrogens is 408 g/mol. The first-order valence-corrected chi connectivity index (χ1v) is 10.9. The maximum atomic E-state index is 13.6. The highest BCUT2D eigenvalue weighted by Gasteiger charge is 2.47. The van der Waals surface area contributed by atoms with E-state index in [0.29, 0.717) is 23.3 Å². The Morgan fingerprint density at radius 3 is 2.31 bits per heavy atom. The molecule has 0 aromatic heterocycles. The van der Waals surface area contributed by atoms with Gasteiger partial charge in [-0.25, -0.2) is 4.79 Å². The predicted octanol–water partition coefficient (Wildman–Crippen LogP) is 3.32. The summed E-state index contributed by atoms with van der Waals surface area (Å²) < 4.78 is 10.5. The molecule has 1 N–H and O–H groups in total. The summed E-state index contributed by atoms with van der Waals surface area (Å²) in [5.41, 5.74) is 4.04. The summed E-state index contributed by atoms with van der Waals surface area (Å²) in [6, 6.07) is 7.74. The molecule has 1 aliphatic carbocycles. The Balaban J connectivity index is 2.17. The van der Waals surface area contributed by atoms with E-state index in [-0.39, 0.29) is 17.8 Å². The van der Waals surface area contributed by atoms with Crippen LogP contribution in [-0.4, -0.2) is 45.0 Å². The van der Waals surface area contributed by atoms with E-state index in [9.17, 15) is 14.4 Å². The van der Waals surface area contributed by atoms with Gasteiger partial charge in [0.15, 0.2) is 5.78 Å². The van der Waals surface area contributed by atoms with Crippen molar-refractivity contribution in [2.75, 3.05) is 26.1 Å². The van der Waals surface area contributed by atoms with Crippen molar-refractivity contribution in [3.8, 4) is 0 Å². The van der Waals surface area contributed by atoms with Crippen molar-refractivity contribution in [1.29, 1.82) is 0 Å². The minimum Gasteiger partial charge on any atom is -0.468 e. The molecule has 3 atom stereocenters. The van der Waals surface area contributed by atoms with E-state index in [4.69, 9.17) is 9.47 Å². The minimum absolute atomic E-state index is 0.213. The van der Waals surface area contributed by atoms with Crippen molar-refractivity contribution in [1.82, 2.24) is 5.32 Å². The molecule has 7 nitrogen and oxygen atoms in total. The first-order chi connectivity index (χ1) is 15.1. The number of nitrogens with one attached hydrogen (secondary N) is 1. The number of carbonyl (C=O) groups is 3. The Labute approximate surface area is 189 Å². The van der Waals surface area contributed by atoms with Gasteiger partial charge in [0, 0.05) is 42.7 Å². The van der Waals surface area contributed by atoms with E-state index in [2.05, 4.69) is 5.32 Å². The van der Waals surface area contributed by atoms with Crippen LogP contribution in [0.1, 0.15) is 45.6 Å². The van der Waals surface area contributed by atoms with Crippen molar-refractivity contribution >= 4 is 23.4 Å². The number of anilines is 1. The molecule has 172 valence electrons. The zero-order valence-corrected chi connectivity index (χ0v) is 19.8. The lowest BCUT2D eigenvalue weighted by Crippen LogP contribution is -2.43. The van der Waals surface area contributed by atoms with E-state index in [1.807, 2.05) is 57.1 Å². The Morgan fingerprint density at radius 2 is 1.78 bits per heavy atom. The fraction of sp³-hybridized carbons (Fsp3) is 0.480. The molecule has 1 aliphatic heterocycles. The maximum Gasteiger partial charge on any atom is 0.337 e. The average molecular weight is 441 g/mol. The number of ketones is 1. The third kappa shape index (κ3) is 4.29. The van der Waals surface area contributed by atoms with Gasteiger partial charge >= 0.3 is 11.9 Å². The van der Waals surface area contributed by atoms with Gasteiger partial charge in [-0.3, -0.25) is 9.59 Å². The van der Waals surface area contributed by atoms with Crippen LogP contribution >= 0.6 is 0 Å². The van der Waals surface area contributed by atoms with Crippen molar-refractivity contribution in [2.45, 2.75) is 46.1 Å². The van der Waals surface area contributed by atoms with E-state index in [0.717, 1.165) is 16.9 Å². The van der Waals surface area contributed by atoms with Gasteiger partial charge in [0.25, 0.3) is 0 Å². The van der Waals surface area contributed by atoms with Crippen LogP contribution in [-0.2, 0) is 23.9 Å². The van der Waals surface area contributed by atoms with Gasteiger partial charge in [-0.1, -0.05) is 19.1 Å². The molecule has 0 unspecified atom stereocenters. The van der Waals surface area contributed by atoms with Crippen LogP contribution in [0.3, 0.4) is 0 Å². The highest BCUT2D eigenvalue weighted by atomic mass is 16.5. The predicted molar refractivity (Wildman–Crippen MR) is 122 cm³/mol. The van der Waals surface area contributed by atoms with Crippen LogP contribution in [0.2, 0.25) is 0 Å². The number of allylic oxidation sites excluding steroid dienone is 3. The van der Waals surface area contributed by atoms with E-state index in [1.165, 1.54) is 7.11 Å². The van der Waals surface area contributed by atoms with Crippen LogP contribution in [0, 0.1) is 11.8 Å². The van der Waals surface area contributed by atoms with Crippen molar-refractivity contribution in [3.63, 3.8) is 0 Å². The highest BCUT2D eigenvalue weighted by molar-refractivity contribution is 6.12. The molecule has 2 aliphatic rings. The number of hydrogen-bond donors (Lipinski definition) is 1. The summed E-state index contributed by atoms with van der Waals surface area (Å²) >= 11 is 0. The Bertz CT molecular complexity index is 988. The number of dihydropyridines is 1. The molecule has 0 amide bonds. The molecule has 0 bridgehead atoms. The van der Waals surface area contributed by atoms with Gasteiger partial charge in [-0.05, 0) is 50.8 Å². The number of carbonyl (C=O) groups excluding carboxylic acids is 3. The zero-order chi connectivity index (χ0) is 23.7. The van der Waals surface area contributed by atoms with Crippen LogP contribution in [0.15, 0.2) is 46.8 Å². The fourth-order valence-corrected chi connectivity index (χ4v) is 4.53. The van der Waals surface area contributed by atoms with Gasteiger partial charge in [-0.2, -0.15) is 0 Å². The fourth-order valence-electron chi connectivity index (χ4n) is 4.53. The topological polar surface area (TPSA) is 84.9 Å². The SMILES string of the molecule is COC(=O)[C@@H]1C(=O)C2=C(C[C@@H]1C)NC(C)=C(C(=O)OC(C)C)[C@H]2c1ccc(N(C)C)cc1. The second-order valence-electron chi connectivity index (χ2n) is 8.98. The quantitative estimate of drug-likeness (QED) is 0.555. The lowest BCUT2D eigenvalue weighted by Gasteiger charge is -2.38. The molecule has 0 saturated heterocycles. The zero-order valence-electron chi connectivity index (χ0n) is 19.8. The first-order valence-electron chi connectivity index (χ1n) is 10.9. The number of Topliss-reactive ketones (excluding diaryl/α,β-unsaturated/α-hetero) is 1. The largest absolute Gasteiger partial charge is 0.468 e. The summed E-state index contributed by atoms with van der Waals surface area (Å²) in [5.74, 6) is -3.06. The van der Waals surface area contributed by atoms with Crippen molar-refractivity contribution in [2.24, 2.45) is 11.8 Å².